The van der Waals surface area contributed by atoms with Gasteiger partial charge in [-0.15, -0.1) is 11.8 Å². The highest BCUT2D eigenvalue weighted by molar-refractivity contribution is 8.00. The van der Waals surface area contributed by atoms with Crippen molar-refractivity contribution in [3.63, 3.8) is 0 Å². The molecule has 9 nitrogen and oxygen atoms in total. The Bertz CT molecular complexity index is 1640. The molecule has 0 radical (unpaired) electrons. The molecule has 0 aliphatic carbocycles. The predicted octanol–water partition coefficient (Wildman–Crippen LogP) is 7.17. The molecular formula is C32H27ClN4O5S. The van der Waals surface area contributed by atoms with Gasteiger partial charge in [0.25, 0.3) is 17.5 Å². The maximum Gasteiger partial charge on any atom is 0.272 e. The first kappa shape index (κ1) is 31.0. The van der Waals surface area contributed by atoms with E-state index in [0.717, 1.165) is 4.90 Å². The molecule has 43 heavy (non-hydrogen) atoms. The lowest BCUT2D eigenvalue weighted by Crippen LogP contribution is -2.30. The summed E-state index contributed by atoms with van der Waals surface area (Å²) in [4.78, 5) is 50.3. The number of nitrogens with one attached hydrogen (secondary N) is 3. The van der Waals surface area contributed by atoms with Crippen molar-refractivity contribution >= 4 is 64.2 Å². The van der Waals surface area contributed by atoms with Crippen molar-refractivity contribution in [2.45, 2.75) is 23.5 Å². The number of amides is 3. The quantitative estimate of drug-likeness (QED) is 0.0711. The summed E-state index contributed by atoms with van der Waals surface area (Å²) < 4.78 is 0. The Labute approximate surface area is 257 Å². The van der Waals surface area contributed by atoms with Crippen molar-refractivity contribution in [3.8, 4) is 0 Å². The average Bonchev–Trinajstić information content (AvgIpc) is 3.01. The zero-order valence-electron chi connectivity index (χ0n) is 23.0. The van der Waals surface area contributed by atoms with E-state index in [1.165, 1.54) is 36.0 Å². The molecule has 0 aliphatic rings. The summed E-state index contributed by atoms with van der Waals surface area (Å²) in [5.41, 5.74) is 1.95. The molecule has 4 aromatic rings. The highest BCUT2D eigenvalue weighted by Gasteiger charge is 2.20. The maximum absolute atomic E-state index is 13.4. The fraction of sp³-hybridized carbons (Fsp3) is 0.0938. The van der Waals surface area contributed by atoms with Crippen molar-refractivity contribution in [2.24, 2.45) is 0 Å². The van der Waals surface area contributed by atoms with Gasteiger partial charge in [-0.05, 0) is 72.7 Å². The number of anilines is 2. The number of nitro benzene ring substituents is 1. The number of hydrogen-bond acceptors (Lipinski definition) is 6. The molecule has 218 valence electrons. The van der Waals surface area contributed by atoms with E-state index in [9.17, 15) is 24.5 Å². The van der Waals surface area contributed by atoms with Gasteiger partial charge in [-0.3, -0.25) is 24.5 Å². The van der Waals surface area contributed by atoms with Crippen molar-refractivity contribution < 1.29 is 19.3 Å². The monoisotopic (exact) mass is 614 g/mol. The predicted molar refractivity (Wildman–Crippen MR) is 170 cm³/mol. The fourth-order valence-corrected chi connectivity index (χ4v) is 5.03. The van der Waals surface area contributed by atoms with E-state index < -0.39 is 22.0 Å². The minimum absolute atomic E-state index is 0.0307. The van der Waals surface area contributed by atoms with E-state index in [4.69, 9.17) is 11.6 Å². The van der Waals surface area contributed by atoms with Gasteiger partial charge in [-0.25, -0.2) is 0 Å². The summed E-state index contributed by atoms with van der Waals surface area (Å²) in [5, 5.41) is 19.3. The molecule has 0 spiro atoms. The normalized spacial score (nSPS) is 11.7. The second-order valence-corrected chi connectivity index (χ2v) is 10.9. The lowest BCUT2D eigenvalue weighted by atomic mass is 10.1. The number of carbonyl (C=O) groups is 3. The number of rotatable bonds is 11. The lowest BCUT2D eigenvalue weighted by molar-refractivity contribution is -0.384. The van der Waals surface area contributed by atoms with E-state index in [-0.39, 0.29) is 17.3 Å². The first-order valence-corrected chi connectivity index (χ1v) is 14.4. The summed E-state index contributed by atoms with van der Waals surface area (Å²) in [7, 11) is 0. The van der Waals surface area contributed by atoms with Gasteiger partial charge in [0, 0.05) is 39.0 Å². The SMILES string of the molecule is CCC(Sc1cccc(NC(=O)/C(=C/c2ccc(Cl)cc2)NC(=O)c2ccccc2)c1)C(=O)Nc1ccc([N+](=O)[O-])cc1. The topological polar surface area (TPSA) is 130 Å². The van der Waals surface area contributed by atoms with Crippen LogP contribution >= 0.6 is 23.4 Å². The Morgan fingerprint density at radius 3 is 2.23 bits per heavy atom. The van der Waals surface area contributed by atoms with Crippen LogP contribution in [-0.4, -0.2) is 27.9 Å². The molecule has 11 heteroatoms. The van der Waals surface area contributed by atoms with Gasteiger partial charge in [0.15, 0.2) is 0 Å². The van der Waals surface area contributed by atoms with E-state index in [1.807, 2.05) is 13.0 Å². The summed E-state index contributed by atoms with van der Waals surface area (Å²) in [6.45, 7) is 1.88. The minimum Gasteiger partial charge on any atom is -0.325 e. The molecule has 0 aliphatic heterocycles. The Morgan fingerprint density at radius 1 is 0.884 bits per heavy atom. The number of halogens is 1. The number of carbonyl (C=O) groups excluding carboxylic acids is 3. The Hall–Kier alpha value is -4.93. The zero-order chi connectivity index (χ0) is 30.8. The molecule has 0 saturated carbocycles. The molecule has 0 aromatic heterocycles. The third-order valence-corrected chi connectivity index (χ3v) is 7.70. The van der Waals surface area contributed by atoms with E-state index in [1.54, 1.807) is 78.9 Å². The largest absolute Gasteiger partial charge is 0.325 e. The summed E-state index contributed by atoms with van der Waals surface area (Å²) >= 11 is 7.32. The van der Waals surface area contributed by atoms with Gasteiger partial charge >= 0.3 is 0 Å². The number of benzene rings is 4. The van der Waals surface area contributed by atoms with Crippen LogP contribution in [0.5, 0.6) is 0 Å². The molecule has 0 bridgehead atoms. The Kier molecular flexibility index (Phi) is 10.7. The van der Waals surface area contributed by atoms with E-state index >= 15 is 0 Å². The first-order chi connectivity index (χ1) is 20.7. The molecule has 0 heterocycles. The van der Waals surface area contributed by atoms with Crippen molar-refractivity contribution in [2.75, 3.05) is 10.6 Å². The minimum atomic E-state index is -0.538. The van der Waals surface area contributed by atoms with Crippen molar-refractivity contribution in [3.05, 3.63) is 135 Å². The third-order valence-electron chi connectivity index (χ3n) is 6.09. The number of non-ortho nitro benzene ring substituents is 1. The number of nitrogens with zero attached hydrogens (tertiary/aromatic N) is 1. The molecule has 4 rings (SSSR count). The van der Waals surface area contributed by atoms with Crippen LogP contribution in [0.25, 0.3) is 6.08 Å². The molecular weight excluding hydrogens is 588 g/mol. The number of nitro groups is 1. The zero-order valence-corrected chi connectivity index (χ0v) is 24.5. The third kappa shape index (κ3) is 9.03. The molecule has 4 aromatic carbocycles. The second kappa shape index (κ2) is 14.8. The average molecular weight is 615 g/mol. The lowest BCUT2D eigenvalue weighted by Gasteiger charge is -2.16. The van der Waals surface area contributed by atoms with E-state index in [0.29, 0.717) is 33.9 Å². The van der Waals surface area contributed by atoms with Gasteiger partial charge in [-0.1, -0.05) is 54.9 Å². The first-order valence-electron chi connectivity index (χ1n) is 13.2. The van der Waals surface area contributed by atoms with E-state index in [2.05, 4.69) is 16.0 Å². The van der Waals surface area contributed by atoms with Gasteiger partial charge in [0.2, 0.25) is 5.91 Å². The van der Waals surface area contributed by atoms with Gasteiger partial charge in [0.1, 0.15) is 5.70 Å². The smallest absolute Gasteiger partial charge is 0.272 e. The van der Waals surface area contributed by atoms with Crippen LogP contribution in [0, 0.1) is 10.1 Å². The fourth-order valence-electron chi connectivity index (χ4n) is 3.89. The number of thioether (sulfide) groups is 1. The Balaban J connectivity index is 1.47. The van der Waals surface area contributed by atoms with Gasteiger partial charge in [-0.2, -0.15) is 0 Å². The molecule has 3 N–H and O–H groups in total. The van der Waals surface area contributed by atoms with Crippen LogP contribution in [-0.2, 0) is 9.59 Å². The molecule has 0 saturated heterocycles. The highest BCUT2D eigenvalue weighted by Crippen LogP contribution is 2.29. The standard InChI is InChI=1S/C32H27ClN4O5S/c1-2-29(32(40)34-24-15-17-26(18-16-24)37(41)42)43-27-10-6-9-25(20-27)35-31(39)28(19-21-11-13-23(33)14-12-21)36-30(38)22-7-4-3-5-8-22/h3-20,29H,2H2,1H3,(H,34,40)(H,35,39)(H,36,38)/b28-19-. The maximum atomic E-state index is 13.4. The summed E-state index contributed by atoms with van der Waals surface area (Å²) in [6, 6.07) is 28.0. The van der Waals surface area contributed by atoms with Gasteiger partial charge in [0.05, 0.1) is 10.2 Å². The second-order valence-electron chi connectivity index (χ2n) is 9.22. The highest BCUT2D eigenvalue weighted by atomic mass is 35.5. The summed E-state index contributed by atoms with van der Waals surface area (Å²) in [5.74, 6) is -1.23. The molecule has 3 amide bonds. The molecule has 1 atom stereocenters. The van der Waals surface area contributed by atoms with Crippen LogP contribution in [0.2, 0.25) is 5.02 Å². The van der Waals surface area contributed by atoms with Crippen LogP contribution in [0.4, 0.5) is 17.1 Å². The van der Waals surface area contributed by atoms with Crippen molar-refractivity contribution in [1.29, 1.82) is 0 Å². The van der Waals surface area contributed by atoms with Crippen LogP contribution in [0.1, 0.15) is 29.3 Å². The van der Waals surface area contributed by atoms with Crippen molar-refractivity contribution in [1.82, 2.24) is 5.32 Å². The molecule has 0 fully saturated rings. The molecule has 1 unspecified atom stereocenters. The Morgan fingerprint density at radius 2 is 1.58 bits per heavy atom. The number of hydrogen-bond donors (Lipinski definition) is 3. The van der Waals surface area contributed by atoms with Crippen LogP contribution in [0.3, 0.4) is 0 Å². The summed E-state index contributed by atoms with van der Waals surface area (Å²) in [6.07, 6.45) is 2.07. The van der Waals surface area contributed by atoms with Crippen LogP contribution < -0.4 is 16.0 Å². The van der Waals surface area contributed by atoms with Gasteiger partial charge < -0.3 is 16.0 Å². The van der Waals surface area contributed by atoms with Crippen LogP contribution in [0.15, 0.2) is 114 Å².